The zero-order valence-corrected chi connectivity index (χ0v) is 12.6. The van der Waals surface area contributed by atoms with Crippen molar-refractivity contribution in [2.24, 2.45) is 5.92 Å². The normalized spacial score (nSPS) is 20.7. The van der Waals surface area contributed by atoms with Crippen molar-refractivity contribution in [2.75, 3.05) is 13.6 Å². The lowest BCUT2D eigenvalue weighted by Crippen LogP contribution is -2.45. The summed E-state index contributed by atoms with van der Waals surface area (Å²) in [6.07, 6.45) is 1.56. The van der Waals surface area contributed by atoms with E-state index in [0.29, 0.717) is 12.5 Å². The minimum atomic E-state index is -0.231. The fourth-order valence-electron chi connectivity index (χ4n) is 2.24. The Morgan fingerprint density at radius 1 is 1.44 bits per heavy atom. The first-order valence-electron chi connectivity index (χ1n) is 6.95. The summed E-state index contributed by atoms with van der Waals surface area (Å²) >= 11 is 0. The first-order valence-corrected chi connectivity index (χ1v) is 6.95. The standard InChI is InChI=1S/C12H22N2O2.C2H6/c1-8(2)7-11(9(3)15)14-6-5-10(13-4)12(14)16;1-2/h8,10-11,13H,5-7H2,1-4H3;1-2H3/t10-,11-;/m0./s1. The monoisotopic (exact) mass is 256 g/mol. The molecule has 106 valence electrons. The molecule has 1 heterocycles. The van der Waals surface area contributed by atoms with E-state index in [1.807, 2.05) is 13.8 Å². The highest BCUT2D eigenvalue weighted by Crippen LogP contribution is 2.20. The lowest BCUT2D eigenvalue weighted by Gasteiger charge is -2.27. The zero-order valence-electron chi connectivity index (χ0n) is 12.6. The number of ketones is 1. The molecule has 1 fully saturated rings. The largest absolute Gasteiger partial charge is 0.331 e. The molecule has 1 N–H and O–H groups in total. The Morgan fingerprint density at radius 3 is 2.33 bits per heavy atom. The summed E-state index contributed by atoms with van der Waals surface area (Å²) in [5.41, 5.74) is 0. The maximum Gasteiger partial charge on any atom is 0.240 e. The van der Waals surface area contributed by atoms with E-state index in [1.54, 1.807) is 18.9 Å². The van der Waals surface area contributed by atoms with Crippen LogP contribution < -0.4 is 5.32 Å². The predicted octanol–water partition coefficient (Wildman–Crippen LogP) is 1.84. The second kappa shape index (κ2) is 8.25. The second-order valence-corrected chi connectivity index (χ2v) is 4.92. The lowest BCUT2D eigenvalue weighted by atomic mass is 10.00. The van der Waals surface area contributed by atoms with Crippen molar-refractivity contribution in [1.82, 2.24) is 10.2 Å². The molecule has 1 amide bonds. The van der Waals surface area contributed by atoms with Gasteiger partial charge in [-0.3, -0.25) is 9.59 Å². The van der Waals surface area contributed by atoms with Gasteiger partial charge in [-0.1, -0.05) is 27.7 Å². The Bertz CT molecular complexity index is 277. The van der Waals surface area contributed by atoms with Crippen LogP contribution >= 0.6 is 0 Å². The van der Waals surface area contributed by atoms with Crippen LogP contribution in [0.2, 0.25) is 0 Å². The van der Waals surface area contributed by atoms with E-state index in [4.69, 9.17) is 0 Å². The van der Waals surface area contributed by atoms with E-state index < -0.39 is 0 Å². The quantitative estimate of drug-likeness (QED) is 0.816. The number of nitrogens with zero attached hydrogens (tertiary/aromatic N) is 1. The molecule has 1 rings (SSSR count). The number of rotatable bonds is 5. The van der Waals surface area contributed by atoms with E-state index in [-0.39, 0.29) is 23.8 Å². The van der Waals surface area contributed by atoms with Crippen molar-refractivity contribution in [1.29, 1.82) is 0 Å². The molecule has 0 aromatic rings. The summed E-state index contributed by atoms with van der Waals surface area (Å²) in [5, 5.41) is 2.99. The van der Waals surface area contributed by atoms with E-state index in [9.17, 15) is 9.59 Å². The average molecular weight is 256 g/mol. The maximum absolute atomic E-state index is 12.0. The Labute approximate surface area is 111 Å². The summed E-state index contributed by atoms with van der Waals surface area (Å²) in [6.45, 7) is 10.4. The maximum atomic E-state index is 12.0. The molecule has 18 heavy (non-hydrogen) atoms. The predicted molar refractivity (Wildman–Crippen MR) is 74.4 cm³/mol. The highest BCUT2D eigenvalue weighted by molar-refractivity contribution is 5.91. The topological polar surface area (TPSA) is 49.4 Å². The van der Waals surface area contributed by atoms with Gasteiger partial charge in [-0.05, 0) is 32.7 Å². The highest BCUT2D eigenvalue weighted by atomic mass is 16.2. The lowest BCUT2D eigenvalue weighted by molar-refractivity contribution is -0.137. The molecule has 0 aromatic heterocycles. The van der Waals surface area contributed by atoms with Crippen molar-refractivity contribution in [2.45, 2.75) is 59.5 Å². The number of hydrogen-bond donors (Lipinski definition) is 1. The van der Waals surface area contributed by atoms with Gasteiger partial charge < -0.3 is 10.2 Å². The van der Waals surface area contributed by atoms with E-state index in [2.05, 4.69) is 19.2 Å². The fourth-order valence-corrected chi connectivity index (χ4v) is 2.24. The number of carbonyl (C=O) groups excluding carboxylic acids is 2. The van der Waals surface area contributed by atoms with Crippen molar-refractivity contribution in [3.05, 3.63) is 0 Å². The van der Waals surface area contributed by atoms with Gasteiger partial charge in [0, 0.05) is 6.54 Å². The van der Waals surface area contributed by atoms with E-state index in [0.717, 1.165) is 12.8 Å². The van der Waals surface area contributed by atoms with Gasteiger partial charge in [0.1, 0.15) is 0 Å². The first kappa shape index (κ1) is 17.1. The Balaban J connectivity index is 0.00000137. The van der Waals surface area contributed by atoms with Crippen molar-refractivity contribution < 1.29 is 9.59 Å². The number of carbonyl (C=O) groups is 2. The summed E-state index contributed by atoms with van der Waals surface area (Å²) in [7, 11) is 1.79. The SMILES string of the molecule is CC.CN[C@H]1CCN([C@@H](CC(C)C)C(C)=O)C1=O. The Morgan fingerprint density at radius 2 is 2.00 bits per heavy atom. The molecule has 0 aromatic carbocycles. The molecular weight excluding hydrogens is 228 g/mol. The number of likely N-dealkylation sites (N-methyl/N-ethyl adjacent to an activating group) is 1. The van der Waals surface area contributed by atoms with Crippen molar-refractivity contribution in [3.63, 3.8) is 0 Å². The summed E-state index contributed by atoms with van der Waals surface area (Å²) < 4.78 is 0. The molecule has 2 atom stereocenters. The Hall–Kier alpha value is -0.900. The molecule has 1 saturated heterocycles. The van der Waals surface area contributed by atoms with Crippen molar-refractivity contribution >= 4 is 11.7 Å². The molecular formula is C14H28N2O2. The third-order valence-corrected chi connectivity index (χ3v) is 3.13. The number of nitrogens with one attached hydrogen (secondary N) is 1. The van der Waals surface area contributed by atoms with Gasteiger partial charge in [0.05, 0.1) is 12.1 Å². The van der Waals surface area contributed by atoms with Crippen LogP contribution in [0.15, 0.2) is 0 Å². The van der Waals surface area contributed by atoms with Gasteiger partial charge in [-0.25, -0.2) is 0 Å². The highest BCUT2D eigenvalue weighted by Gasteiger charge is 2.36. The molecule has 0 spiro atoms. The van der Waals surface area contributed by atoms with Crippen LogP contribution in [-0.4, -0.2) is 42.3 Å². The molecule has 4 nitrogen and oxygen atoms in total. The smallest absolute Gasteiger partial charge is 0.240 e. The summed E-state index contributed by atoms with van der Waals surface area (Å²) in [5.74, 6) is 0.595. The number of hydrogen-bond acceptors (Lipinski definition) is 3. The fraction of sp³-hybridized carbons (Fsp3) is 0.857. The van der Waals surface area contributed by atoms with Crippen LogP contribution in [0.25, 0.3) is 0 Å². The number of likely N-dealkylation sites (tertiary alicyclic amines) is 1. The summed E-state index contributed by atoms with van der Waals surface area (Å²) in [6, 6.07) is -0.333. The number of amides is 1. The van der Waals surface area contributed by atoms with Gasteiger partial charge in [0.2, 0.25) is 5.91 Å². The first-order chi connectivity index (χ1) is 8.47. The third kappa shape index (κ3) is 4.41. The molecule has 0 aliphatic carbocycles. The molecule has 0 radical (unpaired) electrons. The number of Topliss-reactive ketones (excluding diaryl/α,β-unsaturated/α-hetero) is 1. The van der Waals surface area contributed by atoms with Gasteiger partial charge in [0.15, 0.2) is 5.78 Å². The average Bonchev–Trinajstić information content (AvgIpc) is 2.69. The zero-order chi connectivity index (χ0) is 14.3. The van der Waals surface area contributed by atoms with Crippen LogP contribution in [-0.2, 0) is 9.59 Å². The van der Waals surface area contributed by atoms with E-state index >= 15 is 0 Å². The van der Waals surface area contributed by atoms with Crippen LogP contribution in [0.4, 0.5) is 0 Å². The summed E-state index contributed by atoms with van der Waals surface area (Å²) in [4.78, 5) is 25.3. The van der Waals surface area contributed by atoms with Gasteiger partial charge in [-0.15, -0.1) is 0 Å². The van der Waals surface area contributed by atoms with Crippen LogP contribution in [0.3, 0.4) is 0 Å². The second-order valence-electron chi connectivity index (χ2n) is 4.92. The molecule has 4 heteroatoms. The third-order valence-electron chi connectivity index (χ3n) is 3.13. The van der Waals surface area contributed by atoms with Gasteiger partial charge >= 0.3 is 0 Å². The Kier molecular flexibility index (Phi) is 7.83. The van der Waals surface area contributed by atoms with Gasteiger partial charge in [0.25, 0.3) is 0 Å². The minimum Gasteiger partial charge on any atom is -0.331 e. The molecule has 0 bridgehead atoms. The van der Waals surface area contributed by atoms with Crippen LogP contribution in [0.1, 0.15) is 47.5 Å². The minimum absolute atomic E-state index is 0.0725. The molecule has 1 aliphatic rings. The molecule has 0 unspecified atom stereocenters. The van der Waals surface area contributed by atoms with Crippen LogP contribution in [0.5, 0.6) is 0 Å². The molecule has 0 saturated carbocycles. The molecule has 1 aliphatic heterocycles. The van der Waals surface area contributed by atoms with Gasteiger partial charge in [-0.2, -0.15) is 0 Å². The van der Waals surface area contributed by atoms with E-state index in [1.165, 1.54) is 0 Å². The van der Waals surface area contributed by atoms with Crippen molar-refractivity contribution in [3.8, 4) is 0 Å². The van der Waals surface area contributed by atoms with Crippen LogP contribution in [0, 0.1) is 5.92 Å².